The Hall–Kier alpha value is -1.26. The van der Waals surface area contributed by atoms with Crippen molar-refractivity contribution in [2.45, 2.75) is 46.0 Å². The second-order valence-electron chi connectivity index (χ2n) is 3.37. The SMILES string of the molecule is CCCCCCC(C)C(=O)O.O=C(O)O. The van der Waals surface area contributed by atoms with Crippen molar-refractivity contribution in [2.24, 2.45) is 5.92 Å². The van der Waals surface area contributed by atoms with Gasteiger partial charge in [-0.05, 0) is 6.42 Å². The highest BCUT2D eigenvalue weighted by Gasteiger charge is 2.08. The Morgan fingerprint density at radius 2 is 1.53 bits per heavy atom. The Morgan fingerprint density at radius 3 is 1.87 bits per heavy atom. The maximum atomic E-state index is 10.4. The molecule has 3 N–H and O–H groups in total. The first kappa shape index (κ1) is 16.2. The predicted octanol–water partition coefficient (Wildman–Crippen LogP) is 2.90. The molecule has 0 aliphatic carbocycles. The van der Waals surface area contributed by atoms with E-state index in [9.17, 15) is 4.79 Å². The zero-order valence-corrected chi connectivity index (χ0v) is 9.27. The molecule has 0 saturated heterocycles. The smallest absolute Gasteiger partial charge is 0.481 e. The van der Waals surface area contributed by atoms with Crippen molar-refractivity contribution in [3.05, 3.63) is 0 Å². The molecule has 0 amide bonds. The number of carboxylic acid groups (broad SMARTS) is 3. The second kappa shape index (κ2) is 10.8. The van der Waals surface area contributed by atoms with E-state index in [0.717, 1.165) is 12.8 Å². The summed E-state index contributed by atoms with van der Waals surface area (Å²) in [5.74, 6) is -0.826. The minimum atomic E-state index is -1.83. The Balaban J connectivity index is 0. The Morgan fingerprint density at radius 1 is 1.07 bits per heavy atom. The summed E-state index contributed by atoms with van der Waals surface area (Å²) in [7, 11) is 0. The van der Waals surface area contributed by atoms with E-state index in [-0.39, 0.29) is 5.92 Å². The molecule has 1 unspecified atom stereocenters. The van der Waals surface area contributed by atoms with Crippen LogP contribution in [-0.2, 0) is 4.79 Å². The molecule has 5 heteroatoms. The summed E-state index contributed by atoms with van der Waals surface area (Å²) in [6, 6.07) is 0. The lowest BCUT2D eigenvalue weighted by atomic mass is 10.0. The molecule has 0 radical (unpaired) electrons. The van der Waals surface area contributed by atoms with Gasteiger partial charge in [0.25, 0.3) is 0 Å². The van der Waals surface area contributed by atoms with Crippen LogP contribution in [0.4, 0.5) is 4.79 Å². The van der Waals surface area contributed by atoms with E-state index < -0.39 is 12.1 Å². The van der Waals surface area contributed by atoms with Crippen molar-refractivity contribution in [1.29, 1.82) is 0 Å². The normalized spacial score (nSPS) is 11.1. The minimum Gasteiger partial charge on any atom is -0.481 e. The van der Waals surface area contributed by atoms with Gasteiger partial charge in [-0.3, -0.25) is 4.79 Å². The molecule has 0 aromatic heterocycles. The molecule has 0 heterocycles. The third-order valence-corrected chi connectivity index (χ3v) is 1.91. The lowest BCUT2D eigenvalue weighted by Crippen LogP contribution is -2.08. The zero-order chi connectivity index (χ0) is 12.3. The molecule has 90 valence electrons. The molecule has 0 aromatic rings. The van der Waals surface area contributed by atoms with Gasteiger partial charge in [0, 0.05) is 0 Å². The van der Waals surface area contributed by atoms with Crippen molar-refractivity contribution in [3.8, 4) is 0 Å². The molecular formula is C10H20O5. The van der Waals surface area contributed by atoms with E-state index in [1.165, 1.54) is 19.3 Å². The third-order valence-electron chi connectivity index (χ3n) is 1.91. The van der Waals surface area contributed by atoms with Gasteiger partial charge < -0.3 is 15.3 Å². The highest BCUT2D eigenvalue weighted by Crippen LogP contribution is 2.09. The van der Waals surface area contributed by atoms with E-state index in [2.05, 4.69) is 6.92 Å². The first-order valence-corrected chi connectivity index (χ1v) is 5.06. The number of rotatable bonds is 6. The monoisotopic (exact) mass is 220 g/mol. The molecule has 0 aliphatic heterocycles. The van der Waals surface area contributed by atoms with E-state index in [1.54, 1.807) is 6.92 Å². The molecule has 0 bridgehead atoms. The fraction of sp³-hybridized carbons (Fsp3) is 0.800. The van der Waals surface area contributed by atoms with Crippen LogP contribution in [0.15, 0.2) is 0 Å². The molecular weight excluding hydrogens is 200 g/mol. The summed E-state index contributed by atoms with van der Waals surface area (Å²) in [4.78, 5) is 18.9. The molecule has 1 atom stereocenters. The quantitative estimate of drug-likeness (QED) is 0.598. The summed E-state index contributed by atoms with van der Waals surface area (Å²) in [5, 5.41) is 22.5. The third kappa shape index (κ3) is 19.2. The fourth-order valence-corrected chi connectivity index (χ4v) is 1.00. The average Bonchev–Trinajstić information content (AvgIpc) is 2.11. The number of aliphatic carboxylic acids is 1. The van der Waals surface area contributed by atoms with Gasteiger partial charge in [0.05, 0.1) is 5.92 Å². The number of carbonyl (C=O) groups is 2. The summed E-state index contributed by atoms with van der Waals surface area (Å²) >= 11 is 0. The first-order valence-electron chi connectivity index (χ1n) is 5.06. The van der Waals surface area contributed by atoms with Crippen LogP contribution in [0.25, 0.3) is 0 Å². The van der Waals surface area contributed by atoms with Crippen molar-refractivity contribution in [2.75, 3.05) is 0 Å². The largest absolute Gasteiger partial charge is 0.503 e. The van der Waals surface area contributed by atoms with E-state index in [0.29, 0.717) is 0 Å². The van der Waals surface area contributed by atoms with Gasteiger partial charge in [-0.2, -0.15) is 0 Å². The van der Waals surface area contributed by atoms with Gasteiger partial charge in [0.1, 0.15) is 0 Å². The maximum Gasteiger partial charge on any atom is 0.503 e. The summed E-state index contributed by atoms with van der Waals surface area (Å²) < 4.78 is 0. The lowest BCUT2D eigenvalue weighted by Gasteiger charge is -2.04. The van der Waals surface area contributed by atoms with E-state index in [1.807, 2.05) is 0 Å². The molecule has 0 rings (SSSR count). The number of hydrogen-bond donors (Lipinski definition) is 3. The predicted molar refractivity (Wildman–Crippen MR) is 56.2 cm³/mol. The van der Waals surface area contributed by atoms with Crippen molar-refractivity contribution in [1.82, 2.24) is 0 Å². The summed E-state index contributed by atoms with van der Waals surface area (Å²) in [6.45, 7) is 3.93. The number of hydrogen-bond acceptors (Lipinski definition) is 2. The standard InChI is InChI=1S/C9H18O2.CH2O3/c1-3-4-5-6-7-8(2)9(10)11;2-1(3)4/h8H,3-7H2,1-2H3,(H,10,11);(H2,2,3,4). The molecule has 0 saturated carbocycles. The maximum absolute atomic E-state index is 10.4. The van der Waals surface area contributed by atoms with Gasteiger partial charge in [-0.25, -0.2) is 4.79 Å². The van der Waals surface area contributed by atoms with Crippen LogP contribution in [0.3, 0.4) is 0 Å². The van der Waals surface area contributed by atoms with Gasteiger partial charge in [-0.15, -0.1) is 0 Å². The summed E-state index contributed by atoms with van der Waals surface area (Å²) in [5.41, 5.74) is 0. The lowest BCUT2D eigenvalue weighted by molar-refractivity contribution is -0.141. The van der Waals surface area contributed by atoms with Gasteiger partial charge in [0.15, 0.2) is 0 Å². The Labute approximate surface area is 89.7 Å². The van der Waals surface area contributed by atoms with Crippen LogP contribution >= 0.6 is 0 Å². The van der Waals surface area contributed by atoms with Crippen LogP contribution in [-0.4, -0.2) is 27.4 Å². The Kier molecular flexibility index (Phi) is 11.7. The van der Waals surface area contributed by atoms with Crippen molar-refractivity contribution < 1.29 is 24.9 Å². The molecule has 15 heavy (non-hydrogen) atoms. The van der Waals surface area contributed by atoms with Gasteiger partial charge in [0.2, 0.25) is 0 Å². The number of unbranched alkanes of at least 4 members (excludes halogenated alkanes) is 3. The molecule has 0 aromatic carbocycles. The minimum absolute atomic E-state index is 0.160. The molecule has 0 fully saturated rings. The topological polar surface area (TPSA) is 94.8 Å². The van der Waals surface area contributed by atoms with Crippen molar-refractivity contribution in [3.63, 3.8) is 0 Å². The van der Waals surface area contributed by atoms with E-state index in [4.69, 9.17) is 20.1 Å². The van der Waals surface area contributed by atoms with Gasteiger partial charge in [-0.1, -0.05) is 39.5 Å². The first-order chi connectivity index (χ1) is 6.91. The second-order valence-corrected chi connectivity index (χ2v) is 3.37. The van der Waals surface area contributed by atoms with Crippen LogP contribution in [0.2, 0.25) is 0 Å². The summed E-state index contributed by atoms with van der Waals surface area (Å²) in [6.07, 6.45) is 3.67. The van der Waals surface area contributed by atoms with Crippen LogP contribution < -0.4 is 0 Å². The number of carboxylic acids is 1. The highest BCUT2D eigenvalue weighted by atomic mass is 16.6. The van der Waals surface area contributed by atoms with E-state index >= 15 is 0 Å². The fourth-order valence-electron chi connectivity index (χ4n) is 1.00. The van der Waals surface area contributed by atoms with Crippen LogP contribution in [0, 0.1) is 5.92 Å². The molecule has 0 aliphatic rings. The van der Waals surface area contributed by atoms with Crippen LogP contribution in [0.1, 0.15) is 46.0 Å². The average molecular weight is 220 g/mol. The highest BCUT2D eigenvalue weighted by molar-refractivity contribution is 5.69. The van der Waals surface area contributed by atoms with Crippen molar-refractivity contribution >= 4 is 12.1 Å². The Bertz CT molecular complexity index is 175. The molecule has 0 spiro atoms. The zero-order valence-electron chi connectivity index (χ0n) is 9.27. The molecule has 5 nitrogen and oxygen atoms in total. The van der Waals surface area contributed by atoms with Crippen LogP contribution in [0.5, 0.6) is 0 Å². The van der Waals surface area contributed by atoms with Gasteiger partial charge >= 0.3 is 12.1 Å².